The van der Waals surface area contributed by atoms with Gasteiger partial charge in [-0.05, 0) is 6.07 Å². The van der Waals surface area contributed by atoms with Gasteiger partial charge >= 0.3 is 0 Å². The Bertz CT molecular complexity index is 1020. The summed E-state index contributed by atoms with van der Waals surface area (Å²) in [5.41, 5.74) is 2.23. The van der Waals surface area contributed by atoms with Crippen LogP contribution in [0.2, 0.25) is 10.0 Å². The molecule has 0 aliphatic carbocycles. The molecule has 0 radical (unpaired) electrons. The minimum atomic E-state index is -0.752. The second-order valence-corrected chi connectivity index (χ2v) is 6.95. The summed E-state index contributed by atoms with van der Waals surface area (Å²) in [7, 11) is 1.49. The predicted octanol–water partition coefficient (Wildman–Crippen LogP) is 3.98. The van der Waals surface area contributed by atoms with Crippen LogP contribution >= 0.6 is 23.2 Å². The van der Waals surface area contributed by atoms with Crippen molar-refractivity contribution in [3.8, 4) is 5.75 Å². The van der Waals surface area contributed by atoms with Gasteiger partial charge in [0.25, 0.3) is 5.91 Å². The number of hydrogen-bond acceptors (Lipinski definition) is 4. The van der Waals surface area contributed by atoms with E-state index < -0.39 is 18.6 Å². The van der Waals surface area contributed by atoms with Crippen LogP contribution in [0.4, 0.5) is 4.39 Å². The number of benzene rings is 1. The van der Waals surface area contributed by atoms with Crippen LogP contribution in [0.15, 0.2) is 24.5 Å². The third kappa shape index (κ3) is 2.91. The van der Waals surface area contributed by atoms with E-state index in [1.807, 2.05) is 0 Å². The zero-order valence-corrected chi connectivity index (χ0v) is 15.8. The van der Waals surface area contributed by atoms with Gasteiger partial charge in [0.1, 0.15) is 6.67 Å². The first kappa shape index (κ1) is 18.0. The number of halogens is 3. The van der Waals surface area contributed by atoms with Crippen LogP contribution in [-0.2, 0) is 6.42 Å². The number of carbonyl (C=O) groups is 1. The van der Waals surface area contributed by atoms with Crippen LogP contribution in [0.5, 0.6) is 5.75 Å². The Morgan fingerprint density at radius 3 is 2.78 bits per heavy atom. The Balaban J connectivity index is 1.75. The molecule has 0 saturated carbocycles. The highest BCUT2D eigenvalue weighted by molar-refractivity contribution is 6.45. The Kier molecular flexibility index (Phi) is 4.65. The number of nitrogens with one attached hydrogen (secondary N) is 1. The second kappa shape index (κ2) is 6.98. The third-order valence-corrected chi connectivity index (χ3v) is 5.56. The van der Waals surface area contributed by atoms with E-state index in [0.29, 0.717) is 34.3 Å². The van der Waals surface area contributed by atoms with Gasteiger partial charge in [0.05, 0.1) is 41.1 Å². The molecule has 1 amide bonds. The molecule has 0 fully saturated rings. The highest BCUT2D eigenvalue weighted by Crippen LogP contribution is 2.40. The Morgan fingerprint density at radius 2 is 2.11 bits per heavy atom. The maximum Gasteiger partial charge on any atom is 0.292 e. The number of aromatic nitrogens is 3. The molecule has 140 valence electrons. The van der Waals surface area contributed by atoms with Gasteiger partial charge in [-0.25, -0.2) is 14.4 Å². The molecule has 4 rings (SSSR count). The molecule has 3 aromatic rings. The zero-order chi connectivity index (χ0) is 19.1. The van der Waals surface area contributed by atoms with Crippen molar-refractivity contribution in [2.45, 2.75) is 12.5 Å². The largest absolute Gasteiger partial charge is 0.494 e. The number of H-pyrrole nitrogens is 1. The zero-order valence-electron chi connectivity index (χ0n) is 14.3. The van der Waals surface area contributed by atoms with Gasteiger partial charge < -0.3 is 14.6 Å². The Morgan fingerprint density at radius 1 is 1.37 bits per heavy atom. The topological polar surface area (TPSA) is 71.1 Å². The maximum absolute atomic E-state index is 14.1. The summed E-state index contributed by atoms with van der Waals surface area (Å²) in [4.78, 5) is 25.6. The van der Waals surface area contributed by atoms with Crippen molar-refractivity contribution >= 4 is 40.0 Å². The van der Waals surface area contributed by atoms with E-state index >= 15 is 0 Å². The second-order valence-electron chi connectivity index (χ2n) is 6.17. The van der Waals surface area contributed by atoms with E-state index in [-0.39, 0.29) is 5.82 Å². The molecule has 6 nitrogen and oxygen atoms in total. The van der Waals surface area contributed by atoms with Crippen molar-refractivity contribution < 1.29 is 13.9 Å². The Hall–Kier alpha value is -2.38. The number of amides is 1. The number of nitrogens with zero attached hydrogens (tertiary/aromatic N) is 3. The normalized spacial score (nSPS) is 16.4. The summed E-state index contributed by atoms with van der Waals surface area (Å²) in [6, 6.07) is 2.71. The first-order valence-electron chi connectivity index (χ1n) is 8.26. The highest BCUT2D eigenvalue weighted by atomic mass is 35.5. The molecule has 0 bridgehead atoms. The van der Waals surface area contributed by atoms with Gasteiger partial charge in [0.15, 0.2) is 5.75 Å². The number of rotatable bonds is 3. The van der Waals surface area contributed by atoms with E-state index in [4.69, 9.17) is 27.9 Å². The minimum Gasteiger partial charge on any atom is -0.494 e. The van der Waals surface area contributed by atoms with Crippen LogP contribution in [0.3, 0.4) is 0 Å². The van der Waals surface area contributed by atoms with E-state index in [1.165, 1.54) is 24.4 Å². The van der Waals surface area contributed by atoms with Crippen LogP contribution in [0, 0.1) is 0 Å². The Labute approximate surface area is 164 Å². The summed E-state index contributed by atoms with van der Waals surface area (Å²) >= 11 is 12.4. The predicted molar refractivity (Wildman–Crippen MR) is 100 cm³/mol. The van der Waals surface area contributed by atoms with Gasteiger partial charge in [0, 0.05) is 29.6 Å². The van der Waals surface area contributed by atoms with Crippen molar-refractivity contribution in [2.24, 2.45) is 0 Å². The fourth-order valence-electron chi connectivity index (χ4n) is 3.46. The van der Waals surface area contributed by atoms with Gasteiger partial charge in [-0.2, -0.15) is 0 Å². The van der Waals surface area contributed by atoms with Gasteiger partial charge in [-0.15, -0.1) is 0 Å². The number of aromatic amines is 1. The molecule has 9 heteroatoms. The molecule has 1 N–H and O–H groups in total. The van der Waals surface area contributed by atoms with E-state index in [2.05, 4.69) is 15.0 Å². The highest BCUT2D eigenvalue weighted by Gasteiger charge is 2.35. The van der Waals surface area contributed by atoms with Crippen LogP contribution in [-0.4, -0.2) is 46.1 Å². The van der Waals surface area contributed by atoms with Crippen molar-refractivity contribution in [2.75, 3.05) is 20.3 Å². The molecular weight excluding hydrogens is 394 g/mol. The van der Waals surface area contributed by atoms with Crippen molar-refractivity contribution in [3.63, 3.8) is 0 Å². The smallest absolute Gasteiger partial charge is 0.292 e. The van der Waals surface area contributed by atoms with Crippen LogP contribution in [0.1, 0.15) is 27.9 Å². The van der Waals surface area contributed by atoms with Crippen LogP contribution < -0.4 is 4.74 Å². The lowest BCUT2D eigenvalue weighted by molar-refractivity contribution is 0.0616. The molecule has 0 spiro atoms. The SMILES string of the molecule is COc1cnc(C(=O)N2CCc3[nH]c4c(Cl)c(Cl)ccc4c3C2CF)nc1. The summed E-state index contributed by atoms with van der Waals surface area (Å²) in [6.45, 7) is -0.393. The monoisotopic (exact) mass is 408 g/mol. The van der Waals surface area contributed by atoms with Crippen LogP contribution in [0.25, 0.3) is 10.9 Å². The molecule has 1 aliphatic heterocycles. The number of hydrogen-bond donors (Lipinski definition) is 1. The molecule has 27 heavy (non-hydrogen) atoms. The number of alkyl halides is 1. The first-order valence-corrected chi connectivity index (χ1v) is 9.02. The fourth-order valence-corrected chi connectivity index (χ4v) is 3.83. The quantitative estimate of drug-likeness (QED) is 0.711. The lowest BCUT2D eigenvalue weighted by Gasteiger charge is -2.34. The molecule has 3 heterocycles. The first-order chi connectivity index (χ1) is 13.0. The molecule has 1 unspecified atom stereocenters. The summed E-state index contributed by atoms with van der Waals surface area (Å²) in [5, 5.41) is 1.56. The summed E-state index contributed by atoms with van der Waals surface area (Å²) in [6.07, 6.45) is 3.36. The fraction of sp³-hybridized carbons (Fsp3) is 0.278. The van der Waals surface area contributed by atoms with E-state index in [1.54, 1.807) is 12.1 Å². The molecule has 2 aromatic heterocycles. The van der Waals surface area contributed by atoms with Crippen molar-refractivity contribution in [3.05, 3.63) is 51.7 Å². The number of carbonyl (C=O) groups excluding carboxylic acids is 1. The average Bonchev–Trinajstić information content (AvgIpc) is 3.09. The average molecular weight is 409 g/mol. The van der Waals surface area contributed by atoms with E-state index in [9.17, 15) is 9.18 Å². The molecule has 1 aromatic carbocycles. The van der Waals surface area contributed by atoms with Gasteiger partial charge in [-0.1, -0.05) is 29.3 Å². The molecule has 1 aliphatic rings. The van der Waals surface area contributed by atoms with Crippen molar-refractivity contribution in [1.29, 1.82) is 0 Å². The summed E-state index contributed by atoms with van der Waals surface area (Å²) < 4.78 is 19.1. The minimum absolute atomic E-state index is 0.00128. The maximum atomic E-state index is 14.1. The lowest BCUT2D eigenvalue weighted by Crippen LogP contribution is -2.41. The number of ether oxygens (including phenoxy) is 1. The van der Waals surface area contributed by atoms with Crippen molar-refractivity contribution in [1.82, 2.24) is 19.9 Å². The third-order valence-electron chi connectivity index (χ3n) is 4.76. The van der Waals surface area contributed by atoms with E-state index in [0.717, 1.165) is 16.6 Å². The lowest BCUT2D eigenvalue weighted by atomic mass is 9.96. The van der Waals surface area contributed by atoms with Gasteiger partial charge in [-0.3, -0.25) is 4.79 Å². The molecule has 1 atom stereocenters. The number of fused-ring (bicyclic) bond motifs is 3. The summed E-state index contributed by atoms with van der Waals surface area (Å²) in [5.74, 6) is 0.0108. The number of methoxy groups -OCH3 is 1. The standard InChI is InChI=1S/C18H15Cl2FN4O2/c1-27-9-7-22-17(23-8-9)18(26)25-5-4-12-14(13(25)6-21)10-2-3-11(19)15(20)16(10)24-12/h2-3,7-8,13,24H,4-6H2,1H3. The molecule has 0 saturated heterocycles. The van der Waals surface area contributed by atoms with Gasteiger partial charge in [0.2, 0.25) is 5.82 Å². The molecular formula is C18H15Cl2FN4O2.